The first kappa shape index (κ1) is 22.0. The molecule has 0 saturated heterocycles. The molecule has 152 valence electrons. The third-order valence-corrected chi connectivity index (χ3v) is 13.3. The second kappa shape index (κ2) is 9.39. The van der Waals surface area contributed by atoms with Crippen molar-refractivity contribution in [2.75, 3.05) is 6.61 Å². The normalized spacial score (nSPS) is 13.4. The SMILES string of the molecule is CC(C)(C)[Si](C)(C)OCC(c1ccccc1)P(c1ccccc1)c1ccccc1. The maximum Gasteiger partial charge on any atom is 0.192 e. The third kappa shape index (κ3) is 5.45. The van der Waals surface area contributed by atoms with E-state index in [1.165, 1.54) is 16.2 Å². The average molecular weight is 421 g/mol. The molecule has 0 aromatic heterocycles. The van der Waals surface area contributed by atoms with Crippen molar-refractivity contribution in [1.29, 1.82) is 0 Å². The van der Waals surface area contributed by atoms with Gasteiger partial charge in [-0.3, -0.25) is 0 Å². The van der Waals surface area contributed by atoms with Crippen LogP contribution in [0.25, 0.3) is 0 Å². The van der Waals surface area contributed by atoms with Gasteiger partial charge in [-0.2, -0.15) is 0 Å². The van der Waals surface area contributed by atoms with Crippen LogP contribution in [0.1, 0.15) is 32.0 Å². The Balaban J connectivity index is 2.04. The minimum Gasteiger partial charge on any atom is -0.416 e. The molecule has 0 amide bonds. The van der Waals surface area contributed by atoms with E-state index in [2.05, 4.69) is 125 Å². The van der Waals surface area contributed by atoms with E-state index < -0.39 is 16.2 Å². The van der Waals surface area contributed by atoms with Crippen LogP contribution in [0.15, 0.2) is 91.0 Å². The van der Waals surface area contributed by atoms with Crippen LogP contribution in [0.2, 0.25) is 18.1 Å². The molecule has 3 rings (SSSR count). The summed E-state index contributed by atoms with van der Waals surface area (Å²) in [6, 6.07) is 32.9. The van der Waals surface area contributed by atoms with E-state index in [0.717, 1.165) is 6.61 Å². The first-order valence-corrected chi connectivity index (χ1v) is 14.7. The van der Waals surface area contributed by atoms with Gasteiger partial charge in [0.15, 0.2) is 8.32 Å². The molecule has 3 aromatic carbocycles. The predicted octanol–water partition coefficient (Wildman–Crippen LogP) is 6.88. The molecule has 1 unspecified atom stereocenters. The summed E-state index contributed by atoms with van der Waals surface area (Å²) in [6.45, 7) is 12.4. The van der Waals surface area contributed by atoms with Crippen molar-refractivity contribution in [2.24, 2.45) is 0 Å². The maximum absolute atomic E-state index is 6.79. The van der Waals surface area contributed by atoms with Gasteiger partial charge in [0.2, 0.25) is 0 Å². The second-order valence-corrected chi connectivity index (χ2v) is 16.2. The summed E-state index contributed by atoms with van der Waals surface area (Å²) >= 11 is 0. The van der Waals surface area contributed by atoms with E-state index >= 15 is 0 Å². The zero-order chi connectivity index (χ0) is 20.9. The van der Waals surface area contributed by atoms with E-state index in [-0.39, 0.29) is 5.04 Å². The Morgan fingerprint density at radius 2 is 1.14 bits per heavy atom. The molecule has 29 heavy (non-hydrogen) atoms. The lowest BCUT2D eigenvalue weighted by atomic mass is 10.1. The molecule has 0 bridgehead atoms. The van der Waals surface area contributed by atoms with Crippen molar-refractivity contribution in [3.05, 3.63) is 96.6 Å². The predicted molar refractivity (Wildman–Crippen MR) is 131 cm³/mol. The van der Waals surface area contributed by atoms with E-state index in [4.69, 9.17) is 4.43 Å². The van der Waals surface area contributed by atoms with Crippen LogP contribution in [0.4, 0.5) is 0 Å². The molecule has 0 N–H and O–H groups in total. The van der Waals surface area contributed by atoms with Gasteiger partial charge in [0, 0.05) is 12.3 Å². The third-order valence-electron chi connectivity index (χ3n) is 5.97. The van der Waals surface area contributed by atoms with Crippen molar-refractivity contribution in [3.8, 4) is 0 Å². The highest BCUT2D eigenvalue weighted by Crippen LogP contribution is 2.50. The summed E-state index contributed by atoms with van der Waals surface area (Å²) in [5, 5.41) is 3.01. The van der Waals surface area contributed by atoms with Crippen LogP contribution in [0, 0.1) is 0 Å². The molecule has 0 aliphatic heterocycles. The molecule has 0 heterocycles. The standard InChI is InChI=1S/C26H33OPSi/c1-26(2,3)29(4,5)27-21-25(22-15-9-6-10-16-22)28(23-17-11-7-12-18-23)24-19-13-8-14-20-24/h6-20,25H,21H2,1-5H3. The van der Waals surface area contributed by atoms with Gasteiger partial charge in [-0.05, 0) is 42.2 Å². The molecule has 0 aliphatic rings. The van der Waals surface area contributed by atoms with Crippen molar-refractivity contribution >= 4 is 26.8 Å². The molecule has 1 atom stereocenters. The first-order valence-electron chi connectivity index (χ1n) is 10.4. The number of hydrogen-bond acceptors (Lipinski definition) is 1. The van der Waals surface area contributed by atoms with Gasteiger partial charge in [-0.25, -0.2) is 0 Å². The topological polar surface area (TPSA) is 9.23 Å². The van der Waals surface area contributed by atoms with E-state index in [0.29, 0.717) is 5.66 Å². The molecule has 1 nitrogen and oxygen atoms in total. The second-order valence-electron chi connectivity index (χ2n) is 9.04. The summed E-state index contributed by atoms with van der Waals surface area (Å²) in [4.78, 5) is 0. The minimum atomic E-state index is -1.84. The molecule has 0 fully saturated rings. The van der Waals surface area contributed by atoms with Crippen molar-refractivity contribution < 1.29 is 4.43 Å². The van der Waals surface area contributed by atoms with Gasteiger partial charge in [0.1, 0.15) is 0 Å². The molecular weight excluding hydrogens is 387 g/mol. The molecular formula is C26H33OPSi. The highest BCUT2D eigenvalue weighted by Gasteiger charge is 2.38. The number of benzene rings is 3. The fourth-order valence-corrected chi connectivity index (χ4v) is 7.04. The Kier molecular flexibility index (Phi) is 7.11. The van der Waals surface area contributed by atoms with Crippen LogP contribution >= 0.6 is 7.92 Å². The zero-order valence-electron chi connectivity index (χ0n) is 18.3. The summed E-state index contributed by atoms with van der Waals surface area (Å²) in [7, 11) is -2.42. The Hall–Kier alpha value is -1.73. The summed E-state index contributed by atoms with van der Waals surface area (Å²) in [5.74, 6) is 0. The van der Waals surface area contributed by atoms with Gasteiger partial charge in [-0.1, -0.05) is 112 Å². The van der Waals surface area contributed by atoms with Crippen LogP contribution in [0.5, 0.6) is 0 Å². The lowest BCUT2D eigenvalue weighted by molar-refractivity contribution is 0.288. The zero-order valence-corrected chi connectivity index (χ0v) is 20.2. The van der Waals surface area contributed by atoms with Crippen LogP contribution in [-0.2, 0) is 4.43 Å². The molecule has 3 aromatic rings. The van der Waals surface area contributed by atoms with Gasteiger partial charge in [0.05, 0.1) is 0 Å². The Bertz CT molecular complexity index is 833. The monoisotopic (exact) mass is 420 g/mol. The summed E-state index contributed by atoms with van der Waals surface area (Å²) in [5.41, 5.74) is 1.69. The first-order chi connectivity index (χ1) is 13.8. The van der Waals surface area contributed by atoms with Gasteiger partial charge >= 0.3 is 0 Å². The molecule has 0 radical (unpaired) electrons. The quantitative estimate of drug-likeness (QED) is 0.299. The Morgan fingerprint density at radius 3 is 1.55 bits per heavy atom. The highest BCUT2D eigenvalue weighted by atomic mass is 31.1. The Labute approximate surface area is 179 Å². The molecule has 0 spiro atoms. The van der Waals surface area contributed by atoms with Crippen LogP contribution in [0.3, 0.4) is 0 Å². The molecule has 0 saturated carbocycles. The number of hydrogen-bond donors (Lipinski definition) is 0. The fourth-order valence-electron chi connectivity index (χ4n) is 3.18. The van der Waals surface area contributed by atoms with Gasteiger partial charge < -0.3 is 4.43 Å². The maximum atomic E-state index is 6.79. The van der Waals surface area contributed by atoms with E-state index in [9.17, 15) is 0 Å². The largest absolute Gasteiger partial charge is 0.416 e. The average Bonchev–Trinajstić information content (AvgIpc) is 2.72. The van der Waals surface area contributed by atoms with E-state index in [1.54, 1.807) is 0 Å². The fraction of sp³-hybridized carbons (Fsp3) is 0.308. The smallest absolute Gasteiger partial charge is 0.192 e. The Morgan fingerprint density at radius 1 is 0.724 bits per heavy atom. The van der Waals surface area contributed by atoms with Crippen LogP contribution in [-0.4, -0.2) is 14.9 Å². The van der Waals surface area contributed by atoms with Crippen LogP contribution < -0.4 is 10.6 Å². The van der Waals surface area contributed by atoms with Crippen molar-refractivity contribution in [2.45, 2.75) is 44.6 Å². The number of rotatable bonds is 7. The van der Waals surface area contributed by atoms with Gasteiger partial charge in [0.25, 0.3) is 0 Å². The minimum absolute atomic E-state index is 0.205. The summed E-state index contributed by atoms with van der Waals surface area (Å²) in [6.07, 6.45) is 0. The summed E-state index contributed by atoms with van der Waals surface area (Å²) < 4.78 is 6.79. The van der Waals surface area contributed by atoms with Gasteiger partial charge in [-0.15, -0.1) is 0 Å². The van der Waals surface area contributed by atoms with E-state index in [1.807, 2.05) is 0 Å². The van der Waals surface area contributed by atoms with Crippen molar-refractivity contribution in [3.63, 3.8) is 0 Å². The lowest BCUT2D eigenvalue weighted by Crippen LogP contribution is -2.42. The molecule has 0 aliphatic carbocycles. The highest BCUT2D eigenvalue weighted by molar-refractivity contribution is 7.73. The lowest BCUT2D eigenvalue weighted by Gasteiger charge is -2.39. The van der Waals surface area contributed by atoms with Crippen molar-refractivity contribution in [1.82, 2.24) is 0 Å². The molecule has 3 heteroatoms.